The van der Waals surface area contributed by atoms with Crippen molar-refractivity contribution < 1.29 is 9.53 Å². The van der Waals surface area contributed by atoms with Crippen LogP contribution in [0.5, 0.6) is 0 Å². The van der Waals surface area contributed by atoms with E-state index < -0.39 is 0 Å². The van der Waals surface area contributed by atoms with Crippen LogP contribution in [0, 0.1) is 6.92 Å². The van der Waals surface area contributed by atoms with Crippen molar-refractivity contribution in [1.82, 2.24) is 5.32 Å². The summed E-state index contributed by atoms with van der Waals surface area (Å²) in [6.07, 6.45) is 2.41. The molecule has 0 aromatic heterocycles. The van der Waals surface area contributed by atoms with Gasteiger partial charge in [0.1, 0.15) is 6.10 Å². The average molecular weight is 156 g/mol. The van der Waals surface area contributed by atoms with Gasteiger partial charge in [0.05, 0.1) is 0 Å². The number of hydrogen-bond donors (Lipinski definition) is 1. The van der Waals surface area contributed by atoms with Gasteiger partial charge in [-0.25, -0.2) is 0 Å². The molecule has 1 aliphatic rings. The Morgan fingerprint density at radius 1 is 1.73 bits per heavy atom. The zero-order valence-electron chi connectivity index (χ0n) is 6.64. The minimum atomic E-state index is -0.193. The normalized spacial score (nSPS) is 23.5. The van der Waals surface area contributed by atoms with Crippen LogP contribution in [-0.2, 0) is 9.53 Å². The summed E-state index contributed by atoms with van der Waals surface area (Å²) in [6, 6.07) is 0. The molecular formula is C8H14NO2. The summed E-state index contributed by atoms with van der Waals surface area (Å²) >= 11 is 0. The number of carbonyl (C=O) groups excluding carboxylic acids is 1. The first-order valence-corrected chi connectivity index (χ1v) is 4.03. The number of amides is 1. The van der Waals surface area contributed by atoms with E-state index in [1.807, 2.05) is 0 Å². The standard InChI is InChI=1S/C8H14NO2/c1-2-5-9-8(10)7-4-3-6-11-7/h7H,1-6H2,(H,9,10). The number of carbonyl (C=O) groups is 1. The van der Waals surface area contributed by atoms with Gasteiger partial charge < -0.3 is 10.1 Å². The zero-order chi connectivity index (χ0) is 8.10. The van der Waals surface area contributed by atoms with Crippen LogP contribution < -0.4 is 5.32 Å². The third-order valence-electron chi connectivity index (χ3n) is 1.70. The molecule has 63 valence electrons. The molecule has 3 nitrogen and oxygen atoms in total. The average Bonchev–Trinajstić information content (AvgIpc) is 2.52. The summed E-state index contributed by atoms with van der Waals surface area (Å²) in [4.78, 5) is 11.1. The van der Waals surface area contributed by atoms with Gasteiger partial charge in [-0.05, 0) is 19.3 Å². The van der Waals surface area contributed by atoms with E-state index in [1.165, 1.54) is 0 Å². The van der Waals surface area contributed by atoms with E-state index in [1.54, 1.807) is 0 Å². The van der Waals surface area contributed by atoms with E-state index in [9.17, 15) is 4.79 Å². The van der Waals surface area contributed by atoms with Gasteiger partial charge in [-0.3, -0.25) is 4.79 Å². The number of rotatable bonds is 3. The van der Waals surface area contributed by atoms with Gasteiger partial charge in [-0.1, -0.05) is 6.92 Å². The molecule has 1 saturated heterocycles. The molecule has 0 aromatic rings. The molecule has 1 rings (SSSR count). The highest BCUT2D eigenvalue weighted by atomic mass is 16.5. The van der Waals surface area contributed by atoms with Crippen LogP contribution in [0.25, 0.3) is 0 Å². The summed E-state index contributed by atoms with van der Waals surface area (Å²) < 4.78 is 5.18. The van der Waals surface area contributed by atoms with Crippen LogP contribution in [0.3, 0.4) is 0 Å². The Hall–Kier alpha value is -0.570. The molecule has 1 unspecified atom stereocenters. The Morgan fingerprint density at radius 3 is 3.09 bits per heavy atom. The topological polar surface area (TPSA) is 38.3 Å². The fraction of sp³-hybridized carbons (Fsp3) is 0.750. The predicted octanol–water partition coefficient (Wildman–Crippen LogP) is 0.506. The largest absolute Gasteiger partial charge is 0.368 e. The number of ether oxygens (including phenoxy) is 1. The minimum absolute atomic E-state index is 0.0196. The summed E-state index contributed by atoms with van der Waals surface area (Å²) in [5.41, 5.74) is 0. The summed E-state index contributed by atoms with van der Waals surface area (Å²) in [5, 5.41) is 2.75. The molecule has 0 bridgehead atoms. The maximum atomic E-state index is 11.1. The molecule has 0 saturated carbocycles. The van der Waals surface area contributed by atoms with Crippen LogP contribution in [0.1, 0.15) is 19.3 Å². The van der Waals surface area contributed by atoms with Gasteiger partial charge in [-0.2, -0.15) is 0 Å². The molecule has 3 heteroatoms. The first-order chi connectivity index (χ1) is 5.34. The van der Waals surface area contributed by atoms with E-state index in [0.717, 1.165) is 25.9 Å². The van der Waals surface area contributed by atoms with Crippen molar-refractivity contribution in [2.45, 2.75) is 25.4 Å². The van der Waals surface area contributed by atoms with Crippen molar-refractivity contribution in [1.29, 1.82) is 0 Å². The monoisotopic (exact) mass is 156 g/mol. The second kappa shape index (κ2) is 4.34. The molecule has 1 N–H and O–H groups in total. The van der Waals surface area contributed by atoms with Crippen LogP contribution in [-0.4, -0.2) is 25.2 Å². The van der Waals surface area contributed by atoms with E-state index in [4.69, 9.17) is 4.74 Å². The Morgan fingerprint density at radius 2 is 2.55 bits per heavy atom. The lowest BCUT2D eigenvalue weighted by Crippen LogP contribution is -2.34. The highest BCUT2D eigenvalue weighted by molar-refractivity contribution is 5.80. The van der Waals surface area contributed by atoms with Crippen molar-refractivity contribution in [3.63, 3.8) is 0 Å². The molecule has 1 fully saturated rings. The van der Waals surface area contributed by atoms with Crippen molar-refractivity contribution in [2.75, 3.05) is 13.2 Å². The first kappa shape index (κ1) is 8.53. The van der Waals surface area contributed by atoms with Crippen LogP contribution >= 0.6 is 0 Å². The minimum Gasteiger partial charge on any atom is -0.368 e. The van der Waals surface area contributed by atoms with Gasteiger partial charge in [0.25, 0.3) is 0 Å². The lowest BCUT2D eigenvalue weighted by atomic mass is 10.2. The van der Waals surface area contributed by atoms with Crippen molar-refractivity contribution in [2.24, 2.45) is 0 Å². The molecule has 1 heterocycles. The van der Waals surface area contributed by atoms with Crippen molar-refractivity contribution in [3.05, 3.63) is 6.92 Å². The van der Waals surface area contributed by atoms with E-state index in [2.05, 4.69) is 12.2 Å². The Labute approximate surface area is 67.1 Å². The smallest absolute Gasteiger partial charge is 0.249 e. The molecule has 0 spiro atoms. The Balaban J connectivity index is 2.17. The van der Waals surface area contributed by atoms with Crippen molar-refractivity contribution in [3.8, 4) is 0 Å². The van der Waals surface area contributed by atoms with Gasteiger partial charge in [-0.15, -0.1) is 0 Å². The van der Waals surface area contributed by atoms with Crippen LogP contribution in [0.2, 0.25) is 0 Å². The third-order valence-corrected chi connectivity index (χ3v) is 1.70. The second-order valence-electron chi connectivity index (χ2n) is 2.65. The summed E-state index contributed by atoms with van der Waals surface area (Å²) in [6.45, 7) is 5.00. The van der Waals surface area contributed by atoms with E-state index >= 15 is 0 Å². The summed E-state index contributed by atoms with van der Waals surface area (Å²) in [5.74, 6) is 0.0196. The zero-order valence-corrected chi connectivity index (χ0v) is 6.64. The van der Waals surface area contributed by atoms with Crippen molar-refractivity contribution >= 4 is 5.91 Å². The fourth-order valence-electron chi connectivity index (χ4n) is 1.11. The van der Waals surface area contributed by atoms with E-state index in [-0.39, 0.29) is 12.0 Å². The predicted molar refractivity (Wildman–Crippen MR) is 42.0 cm³/mol. The summed E-state index contributed by atoms with van der Waals surface area (Å²) in [7, 11) is 0. The lowest BCUT2D eigenvalue weighted by Gasteiger charge is -2.08. The molecule has 1 aliphatic heterocycles. The highest BCUT2D eigenvalue weighted by Gasteiger charge is 2.22. The molecule has 11 heavy (non-hydrogen) atoms. The lowest BCUT2D eigenvalue weighted by molar-refractivity contribution is -0.129. The van der Waals surface area contributed by atoms with Crippen LogP contribution in [0.15, 0.2) is 0 Å². The quantitative estimate of drug-likeness (QED) is 0.646. The Kier molecular flexibility index (Phi) is 3.36. The Bertz CT molecular complexity index is 130. The SMILES string of the molecule is [CH2]CCNC(=O)C1CCCO1. The number of hydrogen-bond acceptors (Lipinski definition) is 2. The van der Waals surface area contributed by atoms with Gasteiger partial charge >= 0.3 is 0 Å². The molecule has 1 atom stereocenters. The van der Waals surface area contributed by atoms with Crippen LogP contribution in [0.4, 0.5) is 0 Å². The maximum absolute atomic E-state index is 11.1. The molecule has 0 aromatic carbocycles. The van der Waals surface area contributed by atoms with E-state index in [0.29, 0.717) is 6.54 Å². The maximum Gasteiger partial charge on any atom is 0.249 e. The molecular weight excluding hydrogens is 142 g/mol. The highest BCUT2D eigenvalue weighted by Crippen LogP contribution is 2.11. The molecule has 1 amide bonds. The van der Waals surface area contributed by atoms with Gasteiger partial charge in [0.15, 0.2) is 0 Å². The fourth-order valence-corrected chi connectivity index (χ4v) is 1.11. The van der Waals surface area contributed by atoms with Gasteiger partial charge in [0.2, 0.25) is 5.91 Å². The number of nitrogens with one attached hydrogen (secondary N) is 1. The first-order valence-electron chi connectivity index (χ1n) is 4.03. The third kappa shape index (κ3) is 2.50. The molecule has 1 radical (unpaired) electrons. The van der Waals surface area contributed by atoms with Gasteiger partial charge in [0, 0.05) is 13.2 Å². The molecule has 0 aliphatic carbocycles. The second-order valence-corrected chi connectivity index (χ2v) is 2.65.